The second kappa shape index (κ2) is 7.57. The van der Waals surface area contributed by atoms with Crippen molar-refractivity contribution in [2.75, 3.05) is 13.6 Å². The number of hydrogen-bond donors (Lipinski definition) is 1. The lowest BCUT2D eigenvalue weighted by atomic mass is 9.85. The highest BCUT2D eigenvalue weighted by molar-refractivity contribution is 6.31. The molecular formula is C23H27ClN2O4. The van der Waals surface area contributed by atoms with Gasteiger partial charge in [0.2, 0.25) is 0 Å². The van der Waals surface area contributed by atoms with Gasteiger partial charge in [-0.05, 0) is 62.3 Å². The summed E-state index contributed by atoms with van der Waals surface area (Å²) < 4.78 is 11.7. The van der Waals surface area contributed by atoms with Gasteiger partial charge in [0, 0.05) is 24.0 Å². The first-order valence-corrected chi connectivity index (χ1v) is 11.2. The molecule has 1 unspecified atom stereocenters. The van der Waals surface area contributed by atoms with Gasteiger partial charge < -0.3 is 19.4 Å². The summed E-state index contributed by atoms with van der Waals surface area (Å²) in [4.78, 5) is 27.5. The van der Waals surface area contributed by atoms with Crippen molar-refractivity contribution >= 4 is 34.4 Å². The third-order valence-corrected chi connectivity index (χ3v) is 7.06. The van der Waals surface area contributed by atoms with E-state index in [0.29, 0.717) is 23.1 Å². The lowest BCUT2D eigenvalue weighted by Gasteiger charge is -2.27. The zero-order valence-corrected chi connectivity index (χ0v) is 17.9. The Morgan fingerprint density at radius 3 is 2.80 bits per heavy atom. The van der Waals surface area contributed by atoms with Crippen LogP contribution >= 0.6 is 11.6 Å². The van der Waals surface area contributed by atoms with Crippen LogP contribution in [0.1, 0.15) is 55.5 Å². The Bertz CT molecular complexity index is 969. The van der Waals surface area contributed by atoms with E-state index in [1.165, 1.54) is 19.3 Å². The fourth-order valence-electron chi connectivity index (χ4n) is 5.00. The number of nitrogens with one attached hydrogen (secondary N) is 1. The minimum Gasteiger partial charge on any atom is -0.451 e. The Morgan fingerprint density at radius 1 is 1.23 bits per heavy atom. The molecule has 1 aliphatic heterocycles. The first kappa shape index (κ1) is 19.9. The van der Waals surface area contributed by atoms with E-state index in [2.05, 4.69) is 5.32 Å². The van der Waals surface area contributed by atoms with Crippen LogP contribution in [0.15, 0.2) is 28.7 Å². The minimum atomic E-state index is -0.385. The predicted molar refractivity (Wildman–Crippen MR) is 114 cm³/mol. The highest BCUT2D eigenvalue weighted by atomic mass is 35.5. The smallest absolute Gasteiger partial charge is 0.287 e. The van der Waals surface area contributed by atoms with E-state index in [0.717, 1.165) is 31.1 Å². The molecule has 1 aromatic heterocycles. The van der Waals surface area contributed by atoms with Gasteiger partial charge >= 0.3 is 0 Å². The third-order valence-electron chi connectivity index (χ3n) is 6.82. The monoisotopic (exact) mass is 430 g/mol. The van der Waals surface area contributed by atoms with E-state index in [-0.39, 0.29) is 35.3 Å². The van der Waals surface area contributed by atoms with Gasteiger partial charge in [-0.2, -0.15) is 0 Å². The highest BCUT2D eigenvalue weighted by Gasteiger charge is 2.48. The summed E-state index contributed by atoms with van der Waals surface area (Å²) in [6, 6.07) is 6.97. The van der Waals surface area contributed by atoms with Crippen LogP contribution in [0, 0.1) is 5.92 Å². The average molecular weight is 431 g/mol. The van der Waals surface area contributed by atoms with Crippen LogP contribution in [-0.2, 0) is 9.53 Å². The Labute approximate surface area is 180 Å². The van der Waals surface area contributed by atoms with Gasteiger partial charge in [0.1, 0.15) is 11.7 Å². The van der Waals surface area contributed by atoms with Gasteiger partial charge in [-0.25, -0.2) is 0 Å². The second-order valence-electron chi connectivity index (χ2n) is 9.16. The molecule has 2 saturated carbocycles. The summed E-state index contributed by atoms with van der Waals surface area (Å²) in [7, 11) is 1.81. The Morgan fingerprint density at radius 2 is 2.03 bits per heavy atom. The Hall–Kier alpha value is -2.05. The number of ether oxygens (including phenoxy) is 1. The van der Waals surface area contributed by atoms with Gasteiger partial charge in [0.25, 0.3) is 11.8 Å². The molecule has 1 aromatic carbocycles. The van der Waals surface area contributed by atoms with E-state index in [9.17, 15) is 9.59 Å². The summed E-state index contributed by atoms with van der Waals surface area (Å²) in [5.41, 5.74) is 0.241. The van der Waals surface area contributed by atoms with Crippen molar-refractivity contribution in [2.24, 2.45) is 5.92 Å². The molecule has 7 heteroatoms. The lowest BCUT2D eigenvalue weighted by Crippen LogP contribution is -2.48. The molecule has 2 aliphatic carbocycles. The number of hydrogen-bond acceptors (Lipinski definition) is 4. The zero-order valence-electron chi connectivity index (χ0n) is 17.2. The first-order valence-electron chi connectivity index (χ1n) is 10.8. The molecule has 3 fully saturated rings. The number of amides is 2. The fourth-order valence-corrected chi connectivity index (χ4v) is 5.18. The van der Waals surface area contributed by atoms with Crippen LogP contribution in [0.5, 0.6) is 0 Å². The van der Waals surface area contributed by atoms with Crippen LogP contribution < -0.4 is 5.32 Å². The summed E-state index contributed by atoms with van der Waals surface area (Å²) in [6.07, 6.45) is 7.10. The summed E-state index contributed by atoms with van der Waals surface area (Å²) in [5, 5.41) is 4.48. The van der Waals surface area contributed by atoms with Crippen LogP contribution in [0.4, 0.5) is 0 Å². The van der Waals surface area contributed by atoms with Gasteiger partial charge in [-0.15, -0.1) is 0 Å². The molecule has 0 radical (unpaired) electrons. The number of carbonyl (C=O) groups excluding carboxylic acids is 2. The number of furan rings is 1. The zero-order chi connectivity index (χ0) is 20.9. The number of rotatable bonds is 5. The molecule has 0 spiro atoms. The van der Waals surface area contributed by atoms with Crippen molar-refractivity contribution in [3.63, 3.8) is 0 Å². The number of carbonyl (C=O) groups is 2. The fraction of sp³-hybridized carbons (Fsp3) is 0.565. The molecule has 1 N–H and O–H groups in total. The molecular weight excluding hydrogens is 404 g/mol. The van der Waals surface area contributed by atoms with E-state index < -0.39 is 0 Å². The Balaban J connectivity index is 1.21. The molecule has 2 heterocycles. The largest absolute Gasteiger partial charge is 0.451 e. The first-order chi connectivity index (χ1) is 14.4. The topological polar surface area (TPSA) is 71.8 Å². The van der Waals surface area contributed by atoms with Crippen LogP contribution in [-0.4, -0.2) is 48.1 Å². The maximum absolute atomic E-state index is 13.0. The number of fused-ring (bicyclic) bond motifs is 2. The van der Waals surface area contributed by atoms with Crippen LogP contribution in [0.2, 0.25) is 5.02 Å². The predicted octanol–water partition coefficient (Wildman–Crippen LogP) is 4.15. The van der Waals surface area contributed by atoms with Crippen molar-refractivity contribution < 1.29 is 18.7 Å². The highest BCUT2D eigenvalue weighted by Crippen LogP contribution is 2.39. The van der Waals surface area contributed by atoms with Crippen LogP contribution in [0.25, 0.3) is 11.0 Å². The maximum Gasteiger partial charge on any atom is 0.287 e. The third kappa shape index (κ3) is 3.83. The molecule has 6 nitrogen and oxygen atoms in total. The summed E-state index contributed by atoms with van der Waals surface area (Å²) >= 11 is 6.01. The number of benzene rings is 1. The quantitative estimate of drug-likeness (QED) is 0.773. The minimum absolute atomic E-state index is 0.0308. The lowest BCUT2D eigenvalue weighted by molar-refractivity contribution is -0.142. The standard InChI is InChI=1S/C23H27ClN2O4/c1-26(22(28)20-11-14-4-2-3-5-17(14)30-20)13-23(8-9-23)25-21(27)19-12-15-10-16(24)6-7-18(15)29-19/h6-7,10,12,14,17,20H,2-5,8-9,11,13H2,1H3,(H,25,27)/t14-,17+,20?/m0/s1. The normalized spacial score (nSPS) is 26.9. The summed E-state index contributed by atoms with van der Waals surface area (Å²) in [5.74, 6) is 0.556. The van der Waals surface area contributed by atoms with E-state index in [1.807, 2.05) is 7.05 Å². The van der Waals surface area contributed by atoms with Crippen molar-refractivity contribution in [1.82, 2.24) is 10.2 Å². The number of halogens is 1. The SMILES string of the molecule is CN(CC1(NC(=O)c2cc3cc(Cl)ccc3o2)CC1)C(=O)C1C[C@@H]2CCCC[C@H]2O1. The van der Waals surface area contributed by atoms with E-state index in [4.69, 9.17) is 20.8 Å². The molecule has 2 aromatic rings. The van der Waals surface area contributed by atoms with Gasteiger partial charge in [-0.3, -0.25) is 9.59 Å². The summed E-state index contributed by atoms with van der Waals surface area (Å²) in [6.45, 7) is 0.485. The molecule has 160 valence electrons. The van der Waals surface area contributed by atoms with E-state index in [1.54, 1.807) is 29.2 Å². The van der Waals surface area contributed by atoms with Gasteiger partial charge in [0.05, 0.1) is 11.6 Å². The molecule has 3 atom stereocenters. The van der Waals surface area contributed by atoms with Crippen molar-refractivity contribution in [3.05, 3.63) is 35.0 Å². The molecule has 0 bridgehead atoms. The van der Waals surface area contributed by atoms with Crippen LogP contribution in [0.3, 0.4) is 0 Å². The molecule has 30 heavy (non-hydrogen) atoms. The maximum atomic E-state index is 13.0. The van der Waals surface area contributed by atoms with Crippen molar-refractivity contribution in [3.8, 4) is 0 Å². The average Bonchev–Trinajstić information content (AvgIpc) is 3.16. The molecule has 1 saturated heterocycles. The molecule has 5 rings (SSSR count). The van der Waals surface area contributed by atoms with Gasteiger partial charge in [0.15, 0.2) is 5.76 Å². The Kier molecular flexibility index (Phi) is 5.02. The van der Waals surface area contributed by atoms with Crippen molar-refractivity contribution in [2.45, 2.75) is 62.7 Å². The molecule has 2 amide bonds. The van der Waals surface area contributed by atoms with Crippen molar-refractivity contribution in [1.29, 1.82) is 0 Å². The molecule has 3 aliphatic rings. The number of nitrogens with zero attached hydrogens (tertiary/aromatic N) is 1. The van der Waals surface area contributed by atoms with E-state index >= 15 is 0 Å². The second-order valence-corrected chi connectivity index (χ2v) is 9.60. The van der Waals surface area contributed by atoms with Gasteiger partial charge in [-0.1, -0.05) is 24.4 Å². The number of likely N-dealkylation sites (N-methyl/N-ethyl adjacent to an activating group) is 1.